The van der Waals surface area contributed by atoms with Crippen LogP contribution < -0.4 is 5.32 Å². The van der Waals surface area contributed by atoms with Gasteiger partial charge in [0.1, 0.15) is 0 Å². The van der Waals surface area contributed by atoms with Gasteiger partial charge in [0.2, 0.25) is 0 Å². The molecule has 1 aliphatic rings. The molecule has 1 aromatic heterocycles. The van der Waals surface area contributed by atoms with Crippen molar-refractivity contribution in [3.63, 3.8) is 0 Å². The molecule has 2 unspecified atom stereocenters. The Balaban J connectivity index is 1.83. The summed E-state index contributed by atoms with van der Waals surface area (Å²) in [4.78, 5) is 0. The fourth-order valence-corrected chi connectivity index (χ4v) is 1.89. The number of aromatic nitrogens is 1. The van der Waals surface area contributed by atoms with Crippen LogP contribution in [0.5, 0.6) is 0 Å². The van der Waals surface area contributed by atoms with Crippen molar-refractivity contribution in [2.24, 2.45) is 13.0 Å². The zero-order valence-corrected chi connectivity index (χ0v) is 8.46. The summed E-state index contributed by atoms with van der Waals surface area (Å²) in [6.07, 6.45) is 4.84. The molecule has 1 aliphatic carbocycles. The number of hydrogen-bond donors (Lipinski definition) is 1. The summed E-state index contributed by atoms with van der Waals surface area (Å²) < 4.78 is 2.18. The highest BCUT2D eigenvalue weighted by molar-refractivity contribution is 5.06. The fourth-order valence-electron chi connectivity index (χ4n) is 1.89. The first-order valence-corrected chi connectivity index (χ1v) is 5.11. The van der Waals surface area contributed by atoms with E-state index in [1.165, 1.54) is 18.5 Å². The molecule has 0 bridgehead atoms. The molecular formula is C11H18N2. The Kier molecular flexibility index (Phi) is 2.40. The van der Waals surface area contributed by atoms with E-state index < -0.39 is 0 Å². The summed E-state index contributed by atoms with van der Waals surface area (Å²) in [5.41, 5.74) is 1.37. The summed E-state index contributed by atoms with van der Waals surface area (Å²) in [5.74, 6) is 0.875. The maximum Gasteiger partial charge on any atom is 0.0361 e. The molecule has 2 rings (SSSR count). The van der Waals surface area contributed by atoms with Gasteiger partial charge in [-0.25, -0.2) is 0 Å². The van der Waals surface area contributed by atoms with E-state index in [1.54, 1.807) is 0 Å². The van der Waals surface area contributed by atoms with E-state index in [0.717, 1.165) is 18.5 Å². The van der Waals surface area contributed by atoms with Crippen LogP contribution >= 0.6 is 0 Å². The molecule has 1 heterocycles. The summed E-state index contributed by atoms with van der Waals surface area (Å²) in [7, 11) is 2.10. The zero-order valence-electron chi connectivity index (χ0n) is 8.46. The maximum absolute atomic E-state index is 3.59. The molecule has 1 fully saturated rings. The molecular weight excluding hydrogens is 160 g/mol. The highest BCUT2D eigenvalue weighted by Gasteiger charge is 2.25. The van der Waals surface area contributed by atoms with E-state index in [9.17, 15) is 0 Å². The number of aryl methyl sites for hydroxylation is 1. The average Bonchev–Trinajstić information content (AvgIpc) is 2.50. The monoisotopic (exact) mass is 178 g/mol. The van der Waals surface area contributed by atoms with Crippen LogP contribution in [0.15, 0.2) is 18.3 Å². The molecule has 0 saturated heterocycles. The Morgan fingerprint density at radius 3 is 2.85 bits per heavy atom. The van der Waals surface area contributed by atoms with Crippen LogP contribution in [0.2, 0.25) is 0 Å². The summed E-state index contributed by atoms with van der Waals surface area (Å²) in [6, 6.07) is 5.03. The first-order valence-electron chi connectivity index (χ1n) is 5.11. The number of nitrogens with one attached hydrogen (secondary N) is 1. The van der Waals surface area contributed by atoms with E-state index in [0.29, 0.717) is 0 Å². The lowest BCUT2D eigenvalue weighted by Crippen LogP contribution is -2.42. The molecule has 0 amide bonds. The third-order valence-corrected chi connectivity index (χ3v) is 3.22. The van der Waals surface area contributed by atoms with Gasteiger partial charge in [0.25, 0.3) is 0 Å². The van der Waals surface area contributed by atoms with Crippen LogP contribution in [0.25, 0.3) is 0 Å². The van der Waals surface area contributed by atoms with Gasteiger partial charge in [0.15, 0.2) is 0 Å². The number of nitrogens with zero attached hydrogens (tertiary/aromatic N) is 1. The molecule has 1 saturated carbocycles. The molecule has 2 atom stereocenters. The number of hydrogen-bond acceptors (Lipinski definition) is 1. The van der Waals surface area contributed by atoms with Crippen molar-refractivity contribution in [1.29, 1.82) is 0 Å². The molecule has 0 spiro atoms. The van der Waals surface area contributed by atoms with E-state index in [4.69, 9.17) is 0 Å². The zero-order chi connectivity index (χ0) is 9.26. The largest absolute Gasteiger partial charge is 0.353 e. The minimum atomic E-state index is 0.759. The molecule has 0 aliphatic heterocycles. The third kappa shape index (κ3) is 1.78. The molecule has 1 N–H and O–H groups in total. The highest BCUT2D eigenvalue weighted by atomic mass is 15.0. The second-order valence-corrected chi connectivity index (χ2v) is 4.15. The van der Waals surface area contributed by atoms with Crippen LogP contribution in [0.3, 0.4) is 0 Å². The lowest BCUT2D eigenvalue weighted by Gasteiger charge is -2.34. The van der Waals surface area contributed by atoms with Gasteiger partial charge in [0, 0.05) is 31.5 Å². The second-order valence-electron chi connectivity index (χ2n) is 4.15. The first kappa shape index (κ1) is 8.82. The standard InChI is InChI=1S/C11H18N2/c1-9-5-6-11(9)12-8-10-4-3-7-13(10)2/h3-4,7,9,11-12H,5-6,8H2,1-2H3. The topological polar surface area (TPSA) is 17.0 Å². The minimum Gasteiger partial charge on any atom is -0.353 e. The van der Waals surface area contributed by atoms with Crippen molar-refractivity contribution in [3.05, 3.63) is 24.0 Å². The van der Waals surface area contributed by atoms with Gasteiger partial charge < -0.3 is 9.88 Å². The van der Waals surface area contributed by atoms with E-state index in [1.807, 2.05) is 0 Å². The van der Waals surface area contributed by atoms with Gasteiger partial charge in [-0.3, -0.25) is 0 Å². The first-order chi connectivity index (χ1) is 6.27. The van der Waals surface area contributed by atoms with Crippen molar-refractivity contribution in [1.82, 2.24) is 9.88 Å². The van der Waals surface area contributed by atoms with Gasteiger partial charge in [-0.2, -0.15) is 0 Å². The Labute approximate surface area is 79.9 Å². The van der Waals surface area contributed by atoms with Gasteiger partial charge >= 0.3 is 0 Å². The van der Waals surface area contributed by atoms with E-state index >= 15 is 0 Å². The van der Waals surface area contributed by atoms with Crippen LogP contribution in [0, 0.1) is 5.92 Å². The van der Waals surface area contributed by atoms with Crippen LogP contribution in [-0.4, -0.2) is 10.6 Å². The van der Waals surface area contributed by atoms with Gasteiger partial charge in [-0.05, 0) is 30.9 Å². The third-order valence-electron chi connectivity index (χ3n) is 3.22. The second kappa shape index (κ2) is 3.54. The van der Waals surface area contributed by atoms with Crippen molar-refractivity contribution in [3.8, 4) is 0 Å². The van der Waals surface area contributed by atoms with Crippen molar-refractivity contribution in [2.45, 2.75) is 32.4 Å². The summed E-state index contributed by atoms with van der Waals surface area (Å²) in [6.45, 7) is 3.34. The molecule has 1 aromatic rings. The molecule has 13 heavy (non-hydrogen) atoms. The van der Waals surface area contributed by atoms with Crippen molar-refractivity contribution in [2.75, 3.05) is 0 Å². The van der Waals surface area contributed by atoms with E-state index in [-0.39, 0.29) is 0 Å². The Hall–Kier alpha value is -0.760. The fraction of sp³-hybridized carbons (Fsp3) is 0.636. The quantitative estimate of drug-likeness (QED) is 0.748. The maximum atomic E-state index is 3.59. The minimum absolute atomic E-state index is 0.759. The SMILES string of the molecule is CC1CCC1NCc1cccn1C. The van der Waals surface area contributed by atoms with Crippen molar-refractivity contribution < 1.29 is 0 Å². The highest BCUT2D eigenvalue weighted by Crippen LogP contribution is 2.26. The van der Waals surface area contributed by atoms with Crippen LogP contribution in [0.4, 0.5) is 0 Å². The molecule has 0 aromatic carbocycles. The predicted molar refractivity (Wildman–Crippen MR) is 54.4 cm³/mol. The Morgan fingerprint density at radius 2 is 2.38 bits per heavy atom. The Morgan fingerprint density at radius 1 is 1.54 bits per heavy atom. The van der Waals surface area contributed by atoms with Crippen LogP contribution in [0.1, 0.15) is 25.5 Å². The molecule has 2 nitrogen and oxygen atoms in total. The molecule has 0 radical (unpaired) electrons. The summed E-state index contributed by atoms with van der Waals surface area (Å²) in [5, 5.41) is 3.59. The summed E-state index contributed by atoms with van der Waals surface area (Å²) >= 11 is 0. The molecule has 2 heteroatoms. The smallest absolute Gasteiger partial charge is 0.0361 e. The van der Waals surface area contributed by atoms with Crippen molar-refractivity contribution >= 4 is 0 Å². The average molecular weight is 178 g/mol. The Bertz CT molecular complexity index is 277. The predicted octanol–water partition coefficient (Wildman–Crippen LogP) is 1.91. The van der Waals surface area contributed by atoms with Crippen LogP contribution in [-0.2, 0) is 13.6 Å². The van der Waals surface area contributed by atoms with E-state index in [2.05, 4.69) is 42.2 Å². The normalized spacial score (nSPS) is 27.2. The van der Waals surface area contributed by atoms with Gasteiger partial charge in [-0.15, -0.1) is 0 Å². The lowest BCUT2D eigenvalue weighted by atomic mass is 9.81. The lowest BCUT2D eigenvalue weighted by molar-refractivity contribution is 0.227. The number of rotatable bonds is 3. The van der Waals surface area contributed by atoms with Gasteiger partial charge in [-0.1, -0.05) is 6.92 Å². The molecule has 72 valence electrons. The van der Waals surface area contributed by atoms with Gasteiger partial charge in [0.05, 0.1) is 0 Å².